The van der Waals surface area contributed by atoms with Crippen LogP contribution in [-0.4, -0.2) is 71.9 Å². The first-order chi connectivity index (χ1) is 19.7. The Morgan fingerprint density at radius 3 is 2.71 bits per heavy atom. The number of hydrogen-bond acceptors (Lipinski definition) is 8. The molecule has 0 amide bonds. The van der Waals surface area contributed by atoms with Gasteiger partial charge in [-0.25, -0.2) is 4.98 Å². The summed E-state index contributed by atoms with van der Waals surface area (Å²) in [5, 5.41) is 14.7. The Labute approximate surface area is 239 Å². The fourth-order valence-corrected chi connectivity index (χ4v) is 5.40. The molecule has 1 unspecified atom stereocenters. The van der Waals surface area contributed by atoms with Gasteiger partial charge >= 0.3 is 0 Å². The molecule has 0 aromatic carbocycles. The lowest BCUT2D eigenvalue weighted by Crippen LogP contribution is -2.35. The predicted octanol–water partition coefficient (Wildman–Crippen LogP) is 3.46. The van der Waals surface area contributed by atoms with E-state index < -0.39 is 6.23 Å². The van der Waals surface area contributed by atoms with Crippen molar-refractivity contribution in [2.45, 2.75) is 26.6 Å². The minimum absolute atomic E-state index is 0.120. The molecule has 0 bridgehead atoms. The molecule has 4 aromatic heterocycles. The van der Waals surface area contributed by atoms with E-state index in [1.165, 1.54) is 7.11 Å². The van der Waals surface area contributed by atoms with Crippen molar-refractivity contribution >= 4 is 17.0 Å². The molecule has 1 saturated heterocycles. The molecule has 0 saturated carbocycles. The van der Waals surface area contributed by atoms with Crippen molar-refractivity contribution in [3.05, 3.63) is 87.7 Å². The number of aliphatic hydroxyl groups excluding tert-OH is 1. The van der Waals surface area contributed by atoms with Crippen LogP contribution in [0.25, 0.3) is 22.3 Å². The first kappa shape index (κ1) is 28.4. The SMILES string of the molecule is C=C(c1c(C)c(C(O)NCc2c(OC)cc(C)[nH]c2=O)cc2c(-c3ccnc(N(C)C)c3)ccn12)N1CCOCC1. The number of aromatic nitrogens is 3. The fraction of sp³-hybridized carbons (Fsp3) is 0.355. The smallest absolute Gasteiger partial charge is 0.256 e. The van der Waals surface area contributed by atoms with Crippen LogP contribution in [-0.2, 0) is 11.3 Å². The molecule has 10 nitrogen and oxygen atoms in total. The summed E-state index contributed by atoms with van der Waals surface area (Å²) in [6.45, 7) is 11.2. The Kier molecular flexibility index (Phi) is 8.16. The molecule has 4 aromatic rings. The van der Waals surface area contributed by atoms with Gasteiger partial charge in [-0.1, -0.05) is 6.58 Å². The Balaban J connectivity index is 1.60. The molecule has 1 atom stereocenters. The second-order valence-electron chi connectivity index (χ2n) is 10.5. The zero-order valence-corrected chi connectivity index (χ0v) is 24.3. The second kappa shape index (κ2) is 11.8. The number of H-pyrrole nitrogens is 1. The maximum absolute atomic E-state index is 12.7. The quantitative estimate of drug-likeness (QED) is 0.268. The predicted molar refractivity (Wildman–Crippen MR) is 161 cm³/mol. The number of aliphatic hydroxyl groups is 1. The first-order valence-corrected chi connectivity index (χ1v) is 13.7. The fourth-order valence-electron chi connectivity index (χ4n) is 5.40. The van der Waals surface area contributed by atoms with E-state index in [1.807, 2.05) is 38.1 Å². The number of aryl methyl sites for hydroxylation is 1. The van der Waals surface area contributed by atoms with Gasteiger partial charge in [0.1, 0.15) is 17.8 Å². The van der Waals surface area contributed by atoms with Crippen LogP contribution in [0.1, 0.15) is 34.3 Å². The second-order valence-corrected chi connectivity index (χ2v) is 10.5. The Bertz CT molecular complexity index is 1630. The molecule has 5 rings (SSSR count). The van der Waals surface area contributed by atoms with Gasteiger partial charge < -0.3 is 33.8 Å². The Morgan fingerprint density at radius 1 is 1.24 bits per heavy atom. The summed E-state index contributed by atoms with van der Waals surface area (Å²) in [5.41, 5.74) is 7.21. The molecule has 10 heteroatoms. The van der Waals surface area contributed by atoms with Crippen molar-refractivity contribution in [1.29, 1.82) is 0 Å². The number of aromatic amines is 1. The molecule has 0 spiro atoms. The summed E-state index contributed by atoms with van der Waals surface area (Å²) in [7, 11) is 5.46. The normalized spacial score (nSPS) is 14.3. The highest BCUT2D eigenvalue weighted by Gasteiger charge is 2.24. The molecule has 1 fully saturated rings. The molecule has 1 aliphatic heterocycles. The number of pyridine rings is 3. The lowest BCUT2D eigenvalue weighted by Gasteiger charge is -2.32. The number of anilines is 1. The van der Waals surface area contributed by atoms with Gasteiger partial charge in [-0.05, 0) is 55.3 Å². The standard InChI is InChI=1S/C31H38N6O4/c1-19-15-27(40-6)25(31(39)34-19)18-33-30(38)24-17-26-23(22-7-9-32-28(16-22)35(4)5)8-10-37(26)29(20(24)2)21(3)36-11-13-41-14-12-36/h7-10,15-17,30,33,38H,3,11-14,18H2,1-2,4-6H3,(H,34,39). The van der Waals surface area contributed by atoms with Gasteiger partial charge in [-0.2, -0.15) is 0 Å². The van der Waals surface area contributed by atoms with Gasteiger partial charge in [-0.15, -0.1) is 0 Å². The third kappa shape index (κ3) is 5.58. The molecule has 41 heavy (non-hydrogen) atoms. The van der Waals surface area contributed by atoms with Gasteiger partial charge in [0.25, 0.3) is 5.56 Å². The van der Waals surface area contributed by atoms with Gasteiger partial charge in [0.2, 0.25) is 0 Å². The maximum Gasteiger partial charge on any atom is 0.256 e. The lowest BCUT2D eigenvalue weighted by atomic mass is 10.0. The number of fused-ring (bicyclic) bond motifs is 1. The summed E-state index contributed by atoms with van der Waals surface area (Å²) in [6.07, 6.45) is 2.80. The Morgan fingerprint density at radius 2 is 2.00 bits per heavy atom. The zero-order valence-electron chi connectivity index (χ0n) is 24.3. The minimum Gasteiger partial charge on any atom is -0.496 e. The molecule has 3 N–H and O–H groups in total. The monoisotopic (exact) mass is 558 g/mol. The van der Waals surface area contributed by atoms with E-state index in [0.717, 1.165) is 52.5 Å². The highest BCUT2D eigenvalue weighted by molar-refractivity contribution is 5.84. The number of rotatable bonds is 9. The van der Waals surface area contributed by atoms with E-state index in [1.54, 1.807) is 19.2 Å². The van der Waals surface area contributed by atoms with Gasteiger partial charge in [0.15, 0.2) is 0 Å². The number of ether oxygens (including phenoxy) is 2. The van der Waals surface area contributed by atoms with E-state index in [4.69, 9.17) is 9.47 Å². The van der Waals surface area contributed by atoms with Crippen LogP contribution >= 0.6 is 0 Å². The van der Waals surface area contributed by atoms with Crippen molar-refractivity contribution in [1.82, 2.24) is 24.6 Å². The molecular weight excluding hydrogens is 520 g/mol. The molecule has 5 heterocycles. The van der Waals surface area contributed by atoms with Crippen LogP contribution in [0.5, 0.6) is 5.75 Å². The third-order valence-corrected chi connectivity index (χ3v) is 7.64. The molecule has 0 radical (unpaired) electrons. The number of hydrogen-bond donors (Lipinski definition) is 3. The molecular formula is C31H38N6O4. The summed E-state index contributed by atoms with van der Waals surface area (Å²) < 4.78 is 13.2. The van der Waals surface area contributed by atoms with E-state index in [9.17, 15) is 9.90 Å². The van der Waals surface area contributed by atoms with E-state index in [2.05, 4.69) is 49.5 Å². The topological polar surface area (TPSA) is 107 Å². The first-order valence-electron chi connectivity index (χ1n) is 13.7. The van der Waals surface area contributed by atoms with Crippen molar-refractivity contribution < 1.29 is 14.6 Å². The van der Waals surface area contributed by atoms with E-state index in [0.29, 0.717) is 35.8 Å². The maximum atomic E-state index is 12.7. The Hall–Kier alpha value is -4.12. The average molecular weight is 559 g/mol. The highest BCUT2D eigenvalue weighted by atomic mass is 16.5. The van der Waals surface area contributed by atoms with E-state index in [-0.39, 0.29) is 12.1 Å². The van der Waals surface area contributed by atoms with Crippen LogP contribution in [0.4, 0.5) is 5.82 Å². The number of nitrogens with one attached hydrogen (secondary N) is 2. The number of methoxy groups -OCH3 is 1. The third-order valence-electron chi connectivity index (χ3n) is 7.64. The van der Waals surface area contributed by atoms with Gasteiger partial charge in [0.05, 0.1) is 42.8 Å². The molecule has 0 aliphatic carbocycles. The highest BCUT2D eigenvalue weighted by Crippen LogP contribution is 2.35. The lowest BCUT2D eigenvalue weighted by molar-refractivity contribution is 0.0639. The van der Waals surface area contributed by atoms with Crippen LogP contribution < -0.4 is 20.5 Å². The zero-order chi connectivity index (χ0) is 29.3. The van der Waals surface area contributed by atoms with Crippen LogP contribution in [0.15, 0.2) is 54.1 Å². The number of nitrogens with zero attached hydrogens (tertiary/aromatic N) is 4. The minimum atomic E-state index is -1.06. The average Bonchev–Trinajstić information content (AvgIpc) is 3.39. The van der Waals surface area contributed by atoms with Crippen LogP contribution in [0.2, 0.25) is 0 Å². The van der Waals surface area contributed by atoms with Crippen molar-refractivity contribution in [3.63, 3.8) is 0 Å². The summed E-state index contributed by atoms with van der Waals surface area (Å²) in [5.74, 6) is 1.33. The summed E-state index contributed by atoms with van der Waals surface area (Å²) in [6, 6.07) is 9.90. The van der Waals surface area contributed by atoms with Crippen LogP contribution in [0.3, 0.4) is 0 Å². The van der Waals surface area contributed by atoms with Crippen molar-refractivity contribution in [3.8, 4) is 16.9 Å². The van der Waals surface area contributed by atoms with Crippen molar-refractivity contribution in [2.24, 2.45) is 0 Å². The molecule has 1 aliphatic rings. The van der Waals surface area contributed by atoms with Gasteiger partial charge in [0, 0.05) is 62.9 Å². The van der Waals surface area contributed by atoms with Gasteiger partial charge in [-0.3, -0.25) is 10.1 Å². The van der Waals surface area contributed by atoms with Crippen molar-refractivity contribution in [2.75, 3.05) is 52.4 Å². The summed E-state index contributed by atoms with van der Waals surface area (Å²) in [4.78, 5) is 24.2. The molecule has 216 valence electrons. The van der Waals surface area contributed by atoms with E-state index >= 15 is 0 Å². The summed E-state index contributed by atoms with van der Waals surface area (Å²) >= 11 is 0. The van der Waals surface area contributed by atoms with Crippen LogP contribution in [0, 0.1) is 13.8 Å². The largest absolute Gasteiger partial charge is 0.496 e. The number of morpholine rings is 1.